The summed E-state index contributed by atoms with van der Waals surface area (Å²) >= 11 is 12.5. The molecule has 0 fully saturated rings. The third-order valence-corrected chi connectivity index (χ3v) is 5.66. The molecule has 1 heterocycles. The molecule has 0 aliphatic heterocycles. The van der Waals surface area contributed by atoms with Crippen LogP contribution in [-0.4, -0.2) is 34.5 Å². The fourth-order valence-corrected chi connectivity index (χ4v) is 4.11. The molecule has 2 N–H and O–H groups in total. The van der Waals surface area contributed by atoms with Crippen LogP contribution in [0, 0.1) is 5.82 Å². The van der Waals surface area contributed by atoms with Crippen LogP contribution in [0.1, 0.15) is 16.1 Å². The summed E-state index contributed by atoms with van der Waals surface area (Å²) in [6, 6.07) is 19.3. The topological polar surface area (TPSA) is 64.2 Å². The molecule has 168 valence electrons. The molecule has 0 spiro atoms. The van der Waals surface area contributed by atoms with Crippen LogP contribution in [0.25, 0.3) is 28.3 Å². The minimum atomic E-state index is -0.737. The second-order valence-corrected chi connectivity index (χ2v) is 8.65. The van der Waals surface area contributed by atoms with Crippen LogP contribution in [0.3, 0.4) is 0 Å². The van der Waals surface area contributed by atoms with Crippen molar-refractivity contribution in [3.05, 3.63) is 93.8 Å². The van der Waals surface area contributed by atoms with Crippen molar-refractivity contribution in [3.63, 3.8) is 0 Å². The Labute approximate surface area is 201 Å². The predicted molar refractivity (Wildman–Crippen MR) is 130 cm³/mol. The van der Waals surface area contributed by atoms with Gasteiger partial charge in [-0.3, -0.25) is 9.36 Å². The van der Waals surface area contributed by atoms with Crippen molar-refractivity contribution in [1.82, 2.24) is 14.5 Å². The summed E-state index contributed by atoms with van der Waals surface area (Å²) in [6.45, 7) is 0.550. The average Bonchev–Trinajstić information content (AvgIpc) is 3.18. The molecule has 0 aliphatic rings. The van der Waals surface area contributed by atoms with Gasteiger partial charge in [-0.05, 0) is 43.9 Å². The van der Waals surface area contributed by atoms with Crippen LogP contribution in [-0.2, 0) is 6.54 Å². The van der Waals surface area contributed by atoms with Gasteiger partial charge < -0.3 is 10.6 Å². The molecule has 1 amide bonds. The molecule has 3 aromatic carbocycles. The van der Waals surface area contributed by atoms with Gasteiger partial charge in [0.25, 0.3) is 5.91 Å². The van der Waals surface area contributed by atoms with Gasteiger partial charge >= 0.3 is 0 Å². The fraction of sp³-hybridized carbons (Fsp3) is 0.120. The van der Waals surface area contributed by atoms with Crippen molar-refractivity contribution in [2.75, 3.05) is 14.1 Å². The minimum Gasteiger partial charge on any atom is -0.364 e. The van der Waals surface area contributed by atoms with Crippen molar-refractivity contribution >= 4 is 29.1 Å². The quantitative estimate of drug-likeness (QED) is 0.376. The van der Waals surface area contributed by atoms with Crippen LogP contribution >= 0.6 is 23.2 Å². The molecular formula is C25H21Cl2FN4O. The first kappa shape index (κ1) is 23.0. The Morgan fingerprint density at radius 1 is 1.06 bits per heavy atom. The van der Waals surface area contributed by atoms with Crippen LogP contribution < -0.4 is 5.73 Å². The maximum atomic E-state index is 15.3. The highest BCUT2D eigenvalue weighted by Crippen LogP contribution is 2.38. The number of halogens is 3. The summed E-state index contributed by atoms with van der Waals surface area (Å²) < 4.78 is 16.9. The van der Waals surface area contributed by atoms with Gasteiger partial charge in [0.2, 0.25) is 0 Å². The van der Waals surface area contributed by atoms with Crippen molar-refractivity contribution in [1.29, 1.82) is 0 Å². The van der Waals surface area contributed by atoms with Crippen molar-refractivity contribution in [2.24, 2.45) is 5.73 Å². The molecule has 0 aliphatic carbocycles. The van der Waals surface area contributed by atoms with Crippen LogP contribution in [0.2, 0.25) is 10.0 Å². The summed E-state index contributed by atoms with van der Waals surface area (Å²) in [5.41, 5.74) is 8.45. The molecule has 0 bridgehead atoms. The highest BCUT2D eigenvalue weighted by molar-refractivity contribution is 6.31. The van der Waals surface area contributed by atoms with Gasteiger partial charge in [-0.15, -0.1) is 0 Å². The molecule has 0 radical (unpaired) electrons. The van der Waals surface area contributed by atoms with Crippen LogP contribution in [0.5, 0.6) is 0 Å². The van der Waals surface area contributed by atoms with Gasteiger partial charge in [-0.2, -0.15) is 0 Å². The molecule has 33 heavy (non-hydrogen) atoms. The zero-order valence-corrected chi connectivity index (χ0v) is 19.5. The first-order valence-corrected chi connectivity index (χ1v) is 10.9. The van der Waals surface area contributed by atoms with E-state index in [0.717, 1.165) is 5.56 Å². The number of nitrogens with zero attached hydrogens (tertiary/aromatic N) is 3. The van der Waals surface area contributed by atoms with E-state index in [1.807, 2.05) is 55.4 Å². The van der Waals surface area contributed by atoms with Crippen molar-refractivity contribution < 1.29 is 9.18 Å². The maximum Gasteiger partial charge on any atom is 0.269 e. The normalized spacial score (nSPS) is 11.2. The van der Waals surface area contributed by atoms with E-state index < -0.39 is 11.7 Å². The number of nitrogens with two attached hydrogens (primary N) is 1. The van der Waals surface area contributed by atoms with E-state index in [0.29, 0.717) is 34.2 Å². The Balaban J connectivity index is 2.16. The van der Waals surface area contributed by atoms with E-state index in [2.05, 4.69) is 4.98 Å². The Morgan fingerprint density at radius 2 is 1.79 bits per heavy atom. The molecule has 0 saturated carbocycles. The van der Waals surface area contributed by atoms with Gasteiger partial charge in [0, 0.05) is 22.7 Å². The Morgan fingerprint density at radius 3 is 2.45 bits per heavy atom. The molecule has 0 saturated heterocycles. The standard InChI is InChI=1S/C25H21Cl2FN4O/c1-31(2)14-16-11-12-17(26)13-18(16)23-22(24(29)33)30-25(15-7-4-3-5-8-15)32(23)20-10-6-9-19(27)21(20)28/h3-13H,14H2,1-2H3,(H2,29,33). The Kier molecular flexibility index (Phi) is 6.51. The summed E-state index contributed by atoms with van der Waals surface area (Å²) in [4.78, 5) is 19.1. The van der Waals surface area contributed by atoms with Gasteiger partial charge in [-0.25, -0.2) is 9.37 Å². The second kappa shape index (κ2) is 9.35. The second-order valence-electron chi connectivity index (χ2n) is 7.81. The Bertz CT molecular complexity index is 1340. The van der Waals surface area contributed by atoms with Gasteiger partial charge in [0.1, 0.15) is 5.82 Å². The number of carbonyl (C=O) groups is 1. The number of carbonyl (C=O) groups excluding carboxylic acids is 1. The van der Waals surface area contributed by atoms with E-state index in [9.17, 15) is 4.79 Å². The van der Waals surface area contributed by atoms with Crippen LogP contribution in [0.4, 0.5) is 4.39 Å². The monoisotopic (exact) mass is 482 g/mol. The van der Waals surface area contributed by atoms with Gasteiger partial charge in [0.05, 0.1) is 16.4 Å². The van der Waals surface area contributed by atoms with Gasteiger partial charge in [-0.1, -0.05) is 65.7 Å². The summed E-state index contributed by atoms with van der Waals surface area (Å²) in [5, 5.41) is 0.412. The van der Waals surface area contributed by atoms with E-state index in [-0.39, 0.29) is 16.4 Å². The Hall–Kier alpha value is -3.19. The zero-order chi connectivity index (χ0) is 23.7. The number of hydrogen-bond donors (Lipinski definition) is 1. The first-order valence-electron chi connectivity index (χ1n) is 10.1. The summed E-state index contributed by atoms with van der Waals surface area (Å²) in [7, 11) is 3.85. The highest BCUT2D eigenvalue weighted by atomic mass is 35.5. The molecule has 4 aromatic rings. The number of amides is 1. The first-order chi connectivity index (χ1) is 15.8. The van der Waals surface area contributed by atoms with Crippen LogP contribution in [0.15, 0.2) is 66.7 Å². The smallest absolute Gasteiger partial charge is 0.269 e. The minimum absolute atomic E-state index is 0.00972. The number of rotatable bonds is 6. The molecule has 8 heteroatoms. The highest BCUT2D eigenvalue weighted by Gasteiger charge is 2.27. The fourth-order valence-electron chi connectivity index (χ4n) is 3.77. The summed E-state index contributed by atoms with van der Waals surface area (Å²) in [5.74, 6) is -1.02. The maximum absolute atomic E-state index is 15.3. The molecule has 0 atom stereocenters. The van der Waals surface area contributed by atoms with Crippen molar-refractivity contribution in [2.45, 2.75) is 6.54 Å². The van der Waals surface area contributed by atoms with E-state index >= 15 is 4.39 Å². The van der Waals surface area contributed by atoms with E-state index in [1.54, 1.807) is 28.8 Å². The lowest BCUT2D eigenvalue weighted by Gasteiger charge is -2.18. The molecule has 5 nitrogen and oxygen atoms in total. The largest absolute Gasteiger partial charge is 0.364 e. The number of aromatic nitrogens is 2. The van der Waals surface area contributed by atoms with E-state index in [1.165, 1.54) is 6.07 Å². The number of hydrogen-bond acceptors (Lipinski definition) is 3. The van der Waals surface area contributed by atoms with Gasteiger partial charge in [0.15, 0.2) is 11.5 Å². The third-order valence-electron chi connectivity index (χ3n) is 5.13. The average molecular weight is 483 g/mol. The lowest BCUT2D eigenvalue weighted by Crippen LogP contribution is -2.16. The predicted octanol–water partition coefficient (Wildman–Crippen LogP) is 5.81. The third kappa shape index (κ3) is 4.50. The molecular weight excluding hydrogens is 462 g/mol. The molecule has 0 unspecified atom stereocenters. The number of imidazole rings is 1. The molecule has 1 aromatic heterocycles. The SMILES string of the molecule is CN(C)Cc1ccc(Cl)cc1-c1c(C(N)=O)nc(-c2ccccc2)n1-c1cccc(Cl)c1F. The number of benzene rings is 3. The lowest BCUT2D eigenvalue weighted by molar-refractivity contribution is 0.0996. The van der Waals surface area contributed by atoms with E-state index in [4.69, 9.17) is 28.9 Å². The number of primary amides is 1. The molecule has 4 rings (SSSR count). The lowest BCUT2D eigenvalue weighted by atomic mass is 10.0. The zero-order valence-electron chi connectivity index (χ0n) is 18.0. The van der Waals surface area contributed by atoms with Crippen molar-refractivity contribution in [3.8, 4) is 28.3 Å². The summed E-state index contributed by atoms with van der Waals surface area (Å²) in [6.07, 6.45) is 0.